The molecule has 11 aliphatic heterocycles. The van der Waals surface area contributed by atoms with Crippen LogP contribution in [0.1, 0.15) is 83.5 Å². The van der Waals surface area contributed by atoms with E-state index in [1.165, 1.54) is 12.8 Å². The normalized spacial score (nSPS) is 39.8. The number of hydrogen-bond acceptors (Lipinski definition) is 25. The van der Waals surface area contributed by atoms with Gasteiger partial charge in [-0.25, -0.2) is 0 Å². The topological polar surface area (TPSA) is 254 Å². The van der Waals surface area contributed by atoms with Gasteiger partial charge in [-0.15, -0.1) is 0 Å². The molecule has 12 fully saturated rings. The van der Waals surface area contributed by atoms with E-state index in [1.807, 2.05) is 0 Å². The molecule has 12 aliphatic rings. The molecule has 1 saturated carbocycles. The van der Waals surface area contributed by atoms with E-state index >= 15 is 0 Å². The molecule has 11 unspecified atom stereocenters. The van der Waals surface area contributed by atoms with Crippen molar-refractivity contribution < 1.29 is 112 Å². The van der Waals surface area contributed by atoms with Gasteiger partial charge in [0, 0.05) is 89.1 Å². The number of fused-ring (bicyclic) bond motifs is 4. The lowest BCUT2D eigenvalue weighted by atomic mass is 10.2. The number of unbranched alkanes of at least 4 members (excludes halogenated alkanes) is 2. The molecule has 0 N–H and O–H groups in total. The van der Waals surface area contributed by atoms with E-state index in [2.05, 4.69) is 0 Å². The van der Waals surface area contributed by atoms with Crippen LogP contribution in [0.25, 0.3) is 0 Å². The van der Waals surface area contributed by atoms with Crippen molar-refractivity contribution in [3.63, 3.8) is 0 Å². The van der Waals surface area contributed by atoms with E-state index in [0.29, 0.717) is 231 Å². The summed E-state index contributed by atoms with van der Waals surface area (Å²) in [6.07, 6.45) is 11.0. The summed E-state index contributed by atoms with van der Waals surface area (Å²) in [4.78, 5) is 0. The van der Waals surface area contributed by atoms with Gasteiger partial charge in [-0.1, -0.05) is 12.8 Å². The van der Waals surface area contributed by atoms with Crippen LogP contribution in [-0.2, 0) is 112 Å². The smallest absolute Gasteiger partial charge is 0.397 e. The van der Waals surface area contributed by atoms with Crippen molar-refractivity contribution in [2.24, 2.45) is 5.92 Å². The second kappa shape index (κ2) is 30.9. The quantitative estimate of drug-likeness (QED) is 0.0476. The van der Waals surface area contributed by atoms with Gasteiger partial charge in [0.05, 0.1) is 92.0 Å². The summed E-state index contributed by atoms with van der Waals surface area (Å²) in [6, 6.07) is 3.31. The molecule has 1 aliphatic carbocycles. The van der Waals surface area contributed by atoms with E-state index in [1.54, 1.807) is 0 Å². The third-order valence-electron chi connectivity index (χ3n) is 15.9. The third kappa shape index (κ3) is 22.0. The summed E-state index contributed by atoms with van der Waals surface area (Å²) in [5.41, 5.74) is 0. The van der Waals surface area contributed by atoms with Crippen molar-refractivity contribution in [1.82, 2.24) is 0 Å². The molecule has 0 spiro atoms. The Morgan fingerprint density at radius 3 is 0.855 bits per heavy atom. The second-order valence-electron chi connectivity index (χ2n) is 24.2. The highest BCUT2D eigenvalue weighted by Gasteiger charge is 2.76. The predicted octanol–water partition coefficient (Wildman–Crippen LogP) is 3.91. The molecule has 0 aromatic heterocycles. The van der Waals surface area contributed by atoms with Gasteiger partial charge in [-0.3, -0.25) is 0 Å². The second-order valence-corrected chi connectivity index (χ2v) is 47.8. The Kier molecular flexibility index (Phi) is 23.8. The maximum Gasteiger partial charge on any atom is 0.478 e. The summed E-state index contributed by atoms with van der Waals surface area (Å²) < 4.78 is 171. The molecule has 11 atom stereocenters. The van der Waals surface area contributed by atoms with E-state index in [0.717, 1.165) is 38.9 Å². The Morgan fingerprint density at radius 2 is 0.542 bits per heavy atom. The van der Waals surface area contributed by atoms with Gasteiger partial charge in [-0.05, 0) is 88.6 Å². The summed E-state index contributed by atoms with van der Waals surface area (Å²) >= 11 is 0. The first kappa shape index (κ1) is 63.9. The molecule has 0 aromatic carbocycles. The van der Waals surface area contributed by atoms with Crippen molar-refractivity contribution >= 4 is 71.4 Å². The van der Waals surface area contributed by atoms with Crippen LogP contribution in [0.15, 0.2) is 0 Å². The van der Waals surface area contributed by atoms with E-state index in [4.69, 9.17) is 112 Å². The lowest BCUT2D eigenvalue weighted by Gasteiger charge is -2.59. The largest absolute Gasteiger partial charge is 0.478 e. The molecular formula is C50H94O25Si8. The monoisotopic (exact) mass is 1320 g/mol. The van der Waals surface area contributed by atoms with Gasteiger partial charge < -0.3 is 112 Å². The van der Waals surface area contributed by atoms with Crippen LogP contribution in [0, 0.1) is 5.92 Å². The van der Waals surface area contributed by atoms with Gasteiger partial charge in [0.2, 0.25) is 0 Å². The van der Waals surface area contributed by atoms with Gasteiger partial charge >= 0.3 is 71.4 Å². The van der Waals surface area contributed by atoms with Crippen LogP contribution in [0.3, 0.4) is 0 Å². The predicted molar refractivity (Wildman–Crippen MR) is 307 cm³/mol. The molecule has 476 valence electrons. The van der Waals surface area contributed by atoms with Crippen LogP contribution >= 0.6 is 0 Å². The Morgan fingerprint density at radius 1 is 0.277 bits per heavy atom. The van der Waals surface area contributed by atoms with Crippen molar-refractivity contribution in [1.29, 1.82) is 0 Å². The van der Waals surface area contributed by atoms with Gasteiger partial charge in [0.1, 0.15) is 36.6 Å². The highest BCUT2D eigenvalue weighted by Crippen LogP contribution is 2.50. The van der Waals surface area contributed by atoms with Crippen LogP contribution in [0.2, 0.25) is 48.4 Å². The van der Waals surface area contributed by atoms with Crippen LogP contribution in [0.5, 0.6) is 0 Å². The zero-order chi connectivity index (χ0) is 56.1. The number of ether oxygens (including phenoxy) is 14. The molecule has 33 heteroatoms. The molecule has 83 heavy (non-hydrogen) atoms. The molecule has 6 bridgehead atoms. The lowest BCUT2D eigenvalue weighted by Crippen LogP contribution is -2.83. The van der Waals surface area contributed by atoms with Crippen LogP contribution < -0.4 is 0 Å². The maximum atomic E-state index is 8.12. The maximum absolute atomic E-state index is 8.12. The zero-order valence-electron chi connectivity index (χ0n) is 48.7. The SMILES string of the molecule is C(CCC1CO1)CC[Si]12O[Si]3(CCCOCC4CO4)O[SiH](CCCOCC4CC4)O[Si](CCCOCC4CO4)(O[Si]4(CCCOCC5CO5)O[SiH](CCCOCC5CO5)O[Si](CCCOCC5CO5)(O3)O[Si](CCCOCC3CO3)(O4)O1)O2. The first-order chi connectivity index (χ1) is 40.7. The standard InChI is InChI=1S/C50H94O25Si8/c1(2-11-44-36-58-44)3-23-82-71-78(24-6-16-53-31-46-38-60-46)65-76(21-4-14-51-29-43-12-13-43)66-79(72-82,25-7-17-54-32-47-39-61-47)70-81(27-9-19-56-34-49-41-63-49)68-77(22-5-15-52-30-45-37-59-45)67-80(69-78,26-8-18-55-33-48-40-62-48)73-83(74-81,75-82)28-10-20-57-35-50-42-64-50/h43-50,76-77H,1-42H2. The third-order valence-corrected chi connectivity index (χ3v) is 50.9. The lowest BCUT2D eigenvalue weighted by molar-refractivity contribution is 0.00752. The van der Waals surface area contributed by atoms with E-state index in [-0.39, 0.29) is 36.6 Å². The summed E-state index contributed by atoms with van der Waals surface area (Å²) in [5.74, 6) is 0.628. The van der Waals surface area contributed by atoms with Gasteiger partial charge in [0.25, 0.3) is 0 Å². The average molecular weight is 1320 g/mol. The summed E-state index contributed by atoms with van der Waals surface area (Å²) in [7, 11) is -30.9. The highest BCUT2D eigenvalue weighted by molar-refractivity contribution is 6.99. The van der Waals surface area contributed by atoms with Crippen molar-refractivity contribution in [3.05, 3.63) is 0 Å². The molecule has 0 radical (unpaired) electrons. The molecule has 11 heterocycles. The van der Waals surface area contributed by atoms with Crippen LogP contribution in [0.4, 0.5) is 0 Å². The minimum Gasteiger partial charge on any atom is -0.397 e. The molecule has 25 nitrogen and oxygen atoms in total. The molecule has 0 amide bonds. The molecular weight excluding hydrogens is 1230 g/mol. The van der Waals surface area contributed by atoms with Crippen molar-refractivity contribution in [3.8, 4) is 0 Å². The fourth-order valence-corrected chi connectivity index (χ4v) is 56.1. The first-order valence-corrected chi connectivity index (χ1v) is 46.8. The van der Waals surface area contributed by atoms with Gasteiger partial charge in [0.15, 0.2) is 0 Å². The fraction of sp³-hybridized carbons (Fsp3) is 1.00. The number of epoxide rings is 7. The van der Waals surface area contributed by atoms with Crippen molar-refractivity contribution in [2.75, 3.05) is 139 Å². The zero-order valence-corrected chi connectivity index (χ0v) is 57.0. The number of rotatable bonds is 48. The number of hydrogen-bond donors (Lipinski definition) is 0. The minimum atomic E-state index is -4.23. The molecule has 11 saturated heterocycles. The first-order valence-electron chi connectivity index (χ1n) is 31.7. The summed E-state index contributed by atoms with van der Waals surface area (Å²) in [5, 5.41) is 0. The van der Waals surface area contributed by atoms with Crippen molar-refractivity contribution in [2.45, 2.75) is 175 Å². The molecule has 0 aromatic rings. The highest BCUT2D eigenvalue weighted by atomic mass is 28.6. The van der Waals surface area contributed by atoms with Gasteiger partial charge in [-0.2, -0.15) is 0 Å². The Labute approximate surface area is 499 Å². The Hall–Kier alpha value is 0.735. The fourth-order valence-electron chi connectivity index (χ4n) is 10.7. The molecule has 12 rings (SSSR count). The van der Waals surface area contributed by atoms with E-state index in [9.17, 15) is 0 Å². The Balaban J connectivity index is 0.943. The summed E-state index contributed by atoms with van der Waals surface area (Å²) in [6.45, 7) is 11.9. The average Bonchev–Trinajstić information content (AvgIpc) is 1.89. The van der Waals surface area contributed by atoms with Crippen LogP contribution in [-0.4, -0.2) is 253 Å². The minimum absolute atomic E-state index is 0.0977. The Bertz CT molecular complexity index is 1720. The van der Waals surface area contributed by atoms with E-state index < -0.39 is 71.4 Å².